The molecule has 6 nitrogen and oxygen atoms in total. The zero-order chi connectivity index (χ0) is 18.1. The highest BCUT2D eigenvalue weighted by atomic mass is 16.4. The average Bonchev–Trinajstić information content (AvgIpc) is 2.82. The summed E-state index contributed by atoms with van der Waals surface area (Å²) in [5.74, 6) is -1.83. The zero-order valence-electron chi connectivity index (χ0n) is 13.9. The van der Waals surface area contributed by atoms with Crippen LogP contribution in [0.4, 0.5) is 11.4 Å². The monoisotopic (exact) mass is 338 g/mol. The molecular weight excluding hydrogens is 320 g/mol. The van der Waals surface area contributed by atoms with Crippen molar-refractivity contribution in [2.45, 2.75) is 26.3 Å². The number of carbonyl (C=O) groups is 3. The molecule has 2 aromatic rings. The minimum absolute atomic E-state index is 0.0313. The van der Waals surface area contributed by atoms with E-state index in [1.165, 1.54) is 12.1 Å². The summed E-state index contributed by atoms with van der Waals surface area (Å²) in [4.78, 5) is 37.4. The maximum absolute atomic E-state index is 12.7. The van der Waals surface area contributed by atoms with Crippen molar-refractivity contribution < 1.29 is 19.5 Å². The molecule has 6 heteroatoms. The molecule has 1 heterocycles. The average molecular weight is 338 g/mol. The molecular formula is C19H18N2O4. The lowest BCUT2D eigenvalue weighted by atomic mass is 10.1. The van der Waals surface area contributed by atoms with Gasteiger partial charge in [0.2, 0.25) is 5.91 Å². The first kappa shape index (κ1) is 16.7. The van der Waals surface area contributed by atoms with Gasteiger partial charge in [0.1, 0.15) is 6.04 Å². The van der Waals surface area contributed by atoms with Crippen LogP contribution in [0, 0.1) is 13.8 Å². The fourth-order valence-corrected chi connectivity index (χ4v) is 2.92. The largest absolute Gasteiger partial charge is 0.478 e. The first-order valence-corrected chi connectivity index (χ1v) is 7.91. The minimum Gasteiger partial charge on any atom is -0.478 e. The Kier molecular flexibility index (Phi) is 4.27. The molecule has 0 unspecified atom stereocenters. The second kappa shape index (κ2) is 6.39. The Hall–Kier alpha value is -3.15. The van der Waals surface area contributed by atoms with Crippen LogP contribution in [0.1, 0.15) is 27.9 Å². The maximum Gasteiger partial charge on any atom is 0.335 e. The second-order valence-electron chi connectivity index (χ2n) is 6.14. The van der Waals surface area contributed by atoms with Gasteiger partial charge in [0, 0.05) is 5.69 Å². The van der Waals surface area contributed by atoms with Crippen molar-refractivity contribution in [2.24, 2.45) is 0 Å². The second-order valence-corrected chi connectivity index (χ2v) is 6.14. The smallest absolute Gasteiger partial charge is 0.335 e. The van der Waals surface area contributed by atoms with Crippen molar-refractivity contribution >= 4 is 29.2 Å². The number of nitrogens with one attached hydrogen (secondary N) is 1. The summed E-state index contributed by atoms with van der Waals surface area (Å²) >= 11 is 0. The quantitative estimate of drug-likeness (QED) is 0.837. The maximum atomic E-state index is 12.7. The normalized spacial score (nSPS) is 17.0. The Labute approximate surface area is 145 Å². The highest BCUT2D eigenvalue weighted by Crippen LogP contribution is 2.29. The van der Waals surface area contributed by atoms with Crippen LogP contribution in [0.2, 0.25) is 0 Å². The zero-order valence-corrected chi connectivity index (χ0v) is 13.9. The minimum atomic E-state index is -1.10. The molecule has 2 aromatic carbocycles. The number of aryl methyl sites for hydroxylation is 2. The fraction of sp³-hybridized carbons (Fsp3) is 0.211. The third-order valence-electron chi connectivity index (χ3n) is 4.20. The number of hydrogen-bond donors (Lipinski definition) is 2. The Bertz CT molecular complexity index is 875. The fourth-order valence-electron chi connectivity index (χ4n) is 2.92. The molecule has 0 spiro atoms. The van der Waals surface area contributed by atoms with Gasteiger partial charge in [-0.15, -0.1) is 0 Å². The van der Waals surface area contributed by atoms with Gasteiger partial charge >= 0.3 is 5.97 Å². The van der Waals surface area contributed by atoms with Gasteiger partial charge in [0.25, 0.3) is 5.91 Å². The van der Waals surface area contributed by atoms with Crippen molar-refractivity contribution in [3.05, 3.63) is 59.2 Å². The number of benzene rings is 2. The summed E-state index contributed by atoms with van der Waals surface area (Å²) in [6, 6.07) is 11.3. The number of aromatic carboxylic acids is 1. The SMILES string of the molecule is Cc1cccc(N[C@H]2CC(=O)N(c3cc(C(=O)O)ccc3C)C2=O)c1. The van der Waals surface area contributed by atoms with Crippen LogP contribution in [0.25, 0.3) is 0 Å². The predicted octanol–water partition coefficient (Wildman–Crippen LogP) is 2.75. The van der Waals surface area contributed by atoms with E-state index in [1.807, 2.05) is 31.2 Å². The van der Waals surface area contributed by atoms with Crippen molar-refractivity contribution in [3.8, 4) is 0 Å². The standard InChI is InChI=1S/C19H18N2O4/c1-11-4-3-5-14(8-11)20-15-10-17(22)21(18(15)23)16-9-13(19(24)25)7-6-12(16)2/h3-9,15,20H,10H2,1-2H3,(H,24,25)/t15-/m0/s1. The van der Waals surface area contributed by atoms with Gasteiger partial charge < -0.3 is 10.4 Å². The predicted molar refractivity (Wildman–Crippen MR) is 93.8 cm³/mol. The summed E-state index contributed by atoms with van der Waals surface area (Å²) < 4.78 is 0. The highest BCUT2D eigenvalue weighted by molar-refractivity contribution is 6.23. The highest BCUT2D eigenvalue weighted by Gasteiger charge is 2.40. The summed E-state index contributed by atoms with van der Waals surface area (Å²) in [7, 11) is 0. The van der Waals surface area contributed by atoms with E-state index in [1.54, 1.807) is 13.0 Å². The van der Waals surface area contributed by atoms with E-state index in [2.05, 4.69) is 5.32 Å². The van der Waals surface area contributed by atoms with Crippen molar-refractivity contribution in [1.29, 1.82) is 0 Å². The summed E-state index contributed by atoms with van der Waals surface area (Å²) in [5.41, 5.74) is 2.84. The van der Waals surface area contributed by atoms with Gasteiger partial charge in [0.05, 0.1) is 17.7 Å². The third-order valence-corrected chi connectivity index (χ3v) is 4.20. The first-order valence-electron chi connectivity index (χ1n) is 7.91. The molecule has 1 saturated heterocycles. The molecule has 2 N–H and O–H groups in total. The van der Waals surface area contributed by atoms with Crippen molar-refractivity contribution in [1.82, 2.24) is 0 Å². The summed E-state index contributed by atoms with van der Waals surface area (Å²) in [6.45, 7) is 3.68. The number of amides is 2. The molecule has 1 aliphatic heterocycles. The van der Waals surface area contributed by atoms with Crippen LogP contribution < -0.4 is 10.2 Å². The molecule has 3 rings (SSSR count). The van der Waals surface area contributed by atoms with Crippen molar-refractivity contribution in [2.75, 3.05) is 10.2 Å². The molecule has 0 aromatic heterocycles. The van der Waals surface area contributed by atoms with Gasteiger partial charge in [-0.3, -0.25) is 9.59 Å². The van der Waals surface area contributed by atoms with E-state index < -0.39 is 12.0 Å². The number of carbonyl (C=O) groups excluding carboxylic acids is 2. The van der Waals surface area contributed by atoms with E-state index in [0.29, 0.717) is 11.3 Å². The number of imide groups is 1. The van der Waals surface area contributed by atoms with Gasteiger partial charge in [-0.25, -0.2) is 9.69 Å². The Morgan fingerprint density at radius 1 is 1.16 bits per heavy atom. The molecule has 1 atom stereocenters. The molecule has 0 bridgehead atoms. The molecule has 128 valence electrons. The van der Waals surface area contributed by atoms with Crippen LogP contribution in [0.5, 0.6) is 0 Å². The van der Waals surface area contributed by atoms with E-state index in [4.69, 9.17) is 5.11 Å². The molecule has 0 saturated carbocycles. The molecule has 1 fully saturated rings. The molecule has 2 amide bonds. The number of hydrogen-bond acceptors (Lipinski definition) is 4. The van der Waals surface area contributed by atoms with Gasteiger partial charge in [-0.2, -0.15) is 0 Å². The Morgan fingerprint density at radius 3 is 2.60 bits per heavy atom. The number of carboxylic acid groups (broad SMARTS) is 1. The molecule has 1 aliphatic rings. The molecule has 25 heavy (non-hydrogen) atoms. The number of rotatable bonds is 4. The third kappa shape index (κ3) is 3.24. The van der Waals surface area contributed by atoms with E-state index >= 15 is 0 Å². The van der Waals surface area contributed by atoms with Crippen molar-refractivity contribution in [3.63, 3.8) is 0 Å². The topological polar surface area (TPSA) is 86.7 Å². The molecule has 0 radical (unpaired) electrons. The lowest BCUT2D eigenvalue weighted by Gasteiger charge is -2.18. The summed E-state index contributed by atoms with van der Waals surface area (Å²) in [6.07, 6.45) is 0.0313. The van der Waals surface area contributed by atoms with Crippen LogP contribution in [-0.4, -0.2) is 28.9 Å². The summed E-state index contributed by atoms with van der Waals surface area (Å²) in [5, 5.41) is 12.2. The first-order chi connectivity index (χ1) is 11.9. The van der Waals surface area contributed by atoms with Crippen LogP contribution in [0.3, 0.4) is 0 Å². The lowest BCUT2D eigenvalue weighted by Crippen LogP contribution is -2.35. The molecule has 0 aliphatic carbocycles. The van der Waals surface area contributed by atoms with Crippen LogP contribution >= 0.6 is 0 Å². The van der Waals surface area contributed by atoms with Crippen LogP contribution in [0.15, 0.2) is 42.5 Å². The number of nitrogens with zero attached hydrogens (tertiary/aromatic N) is 1. The van der Waals surface area contributed by atoms with Crippen LogP contribution in [-0.2, 0) is 9.59 Å². The van der Waals surface area contributed by atoms with E-state index in [9.17, 15) is 14.4 Å². The van der Waals surface area contributed by atoms with Gasteiger partial charge in [-0.1, -0.05) is 18.2 Å². The Balaban J connectivity index is 1.89. The van der Waals surface area contributed by atoms with Gasteiger partial charge in [-0.05, 0) is 49.2 Å². The Morgan fingerprint density at radius 2 is 1.92 bits per heavy atom. The van der Waals surface area contributed by atoms with Gasteiger partial charge in [0.15, 0.2) is 0 Å². The number of anilines is 2. The number of carboxylic acids is 1. The van der Waals surface area contributed by atoms with E-state index in [0.717, 1.165) is 16.2 Å². The van der Waals surface area contributed by atoms with E-state index in [-0.39, 0.29) is 23.8 Å². The lowest BCUT2D eigenvalue weighted by molar-refractivity contribution is -0.121.